The SMILES string of the molecule is CCn1ncc(NC(CO)c2ccccc2)c(Cl)c1=O. The number of nitrogens with zero attached hydrogens (tertiary/aromatic N) is 2. The lowest BCUT2D eigenvalue weighted by atomic mass is 10.1. The Hall–Kier alpha value is -1.85. The molecule has 0 aliphatic rings. The summed E-state index contributed by atoms with van der Waals surface area (Å²) >= 11 is 6.05. The minimum atomic E-state index is -0.344. The van der Waals surface area contributed by atoms with Gasteiger partial charge in [-0.3, -0.25) is 4.79 Å². The summed E-state index contributed by atoms with van der Waals surface area (Å²) in [7, 11) is 0. The zero-order valence-corrected chi connectivity index (χ0v) is 11.8. The quantitative estimate of drug-likeness (QED) is 0.885. The molecule has 20 heavy (non-hydrogen) atoms. The van der Waals surface area contributed by atoms with Crippen LogP contribution < -0.4 is 10.9 Å². The molecule has 1 atom stereocenters. The molecule has 5 nitrogen and oxygen atoms in total. The van der Waals surface area contributed by atoms with Crippen molar-refractivity contribution in [1.82, 2.24) is 9.78 Å². The zero-order chi connectivity index (χ0) is 14.5. The first-order chi connectivity index (χ1) is 9.67. The van der Waals surface area contributed by atoms with Crippen LogP contribution >= 0.6 is 11.6 Å². The molecule has 0 fully saturated rings. The molecule has 0 radical (unpaired) electrons. The number of aliphatic hydroxyl groups excluding tert-OH is 1. The van der Waals surface area contributed by atoms with E-state index in [-0.39, 0.29) is 23.2 Å². The maximum Gasteiger partial charge on any atom is 0.287 e. The number of anilines is 1. The lowest BCUT2D eigenvalue weighted by Gasteiger charge is -2.18. The highest BCUT2D eigenvalue weighted by Crippen LogP contribution is 2.22. The van der Waals surface area contributed by atoms with Crippen LogP contribution in [-0.4, -0.2) is 21.5 Å². The molecule has 0 spiro atoms. The van der Waals surface area contributed by atoms with Crippen molar-refractivity contribution in [3.63, 3.8) is 0 Å². The van der Waals surface area contributed by atoms with Crippen molar-refractivity contribution in [1.29, 1.82) is 0 Å². The molecule has 2 rings (SSSR count). The van der Waals surface area contributed by atoms with Gasteiger partial charge < -0.3 is 10.4 Å². The van der Waals surface area contributed by atoms with Crippen molar-refractivity contribution in [3.05, 3.63) is 57.5 Å². The number of hydrogen-bond donors (Lipinski definition) is 2. The van der Waals surface area contributed by atoms with Crippen molar-refractivity contribution >= 4 is 17.3 Å². The predicted molar refractivity (Wildman–Crippen MR) is 79.1 cm³/mol. The normalized spacial score (nSPS) is 12.2. The third-order valence-electron chi connectivity index (χ3n) is 3.00. The number of hydrogen-bond acceptors (Lipinski definition) is 4. The molecule has 0 amide bonds. The van der Waals surface area contributed by atoms with Crippen molar-refractivity contribution in [2.45, 2.75) is 19.5 Å². The summed E-state index contributed by atoms with van der Waals surface area (Å²) in [5.41, 5.74) is 0.985. The number of nitrogens with one attached hydrogen (secondary N) is 1. The Balaban J connectivity index is 2.29. The van der Waals surface area contributed by atoms with E-state index in [0.29, 0.717) is 12.2 Å². The standard InChI is InChI=1S/C14H16ClN3O2/c1-2-18-14(20)13(15)11(8-16-18)17-12(9-19)10-6-4-3-5-7-10/h3-8,12,17,19H,2,9H2,1H3. The molecule has 6 heteroatoms. The van der Waals surface area contributed by atoms with Crippen molar-refractivity contribution in [2.24, 2.45) is 0 Å². The molecule has 0 saturated carbocycles. The third-order valence-corrected chi connectivity index (χ3v) is 3.36. The van der Waals surface area contributed by atoms with E-state index in [9.17, 15) is 9.90 Å². The summed E-state index contributed by atoms with van der Waals surface area (Å²) in [6.07, 6.45) is 1.50. The summed E-state index contributed by atoms with van der Waals surface area (Å²) in [6.45, 7) is 2.16. The second-order valence-corrected chi connectivity index (χ2v) is 4.66. The minimum Gasteiger partial charge on any atom is -0.394 e. The van der Waals surface area contributed by atoms with E-state index < -0.39 is 0 Å². The van der Waals surface area contributed by atoms with E-state index in [1.807, 2.05) is 37.3 Å². The molecule has 1 aromatic heterocycles. The van der Waals surface area contributed by atoms with E-state index >= 15 is 0 Å². The Labute approximate surface area is 121 Å². The zero-order valence-electron chi connectivity index (χ0n) is 11.1. The molecule has 0 bridgehead atoms. The predicted octanol–water partition coefficient (Wildman–Crippen LogP) is 2.06. The van der Waals surface area contributed by atoms with E-state index in [1.54, 1.807) is 0 Å². The Morgan fingerprint density at radius 2 is 2.10 bits per heavy atom. The molecule has 106 valence electrons. The summed E-state index contributed by atoms with van der Waals surface area (Å²) in [4.78, 5) is 11.9. The highest BCUT2D eigenvalue weighted by atomic mass is 35.5. The lowest BCUT2D eigenvalue weighted by Crippen LogP contribution is -2.24. The first-order valence-corrected chi connectivity index (χ1v) is 6.73. The fourth-order valence-corrected chi connectivity index (χ4v) is 2.10. The Bertz CT molecular complexity index is 628. The lowest BCUT2D eigenvalue weighted by molar-refractivity contribution is 0.276. The first kappa shape index (κ1) is 14.6. The van der Waals surface area contributed by atoms with Gasteiger partial charge in [-0.1, -0.05) is 41.9 Å². The van der Waals surface area contributed by atoms with Gasteiger partial charge in [0.15, 0.2) is 0 Å². The fraction of sp³-hybridized carbons (Fsp3) is 0.286. The maximum absolute atomic E-state index is 11.9. The second kappa shape index (κ2) is 6.54. The van der Waals surface area contributed by atoms with Crippen LogP contribution in [0.25, 0.3) is 0 Å². The molecule has 1 unspecified atom stereocenters. The summed E-state index contributed by atoms with van der Waals surface area (Å²) in [6, 6.07) is 9.11. The maximum atomic E-state index is 11.9. The number of rotatable bonds is 5. The average molecular weight is 294 g/mol. The van der Waals surface area contributed by atoms with Gasteiger partial charge in [0.25, 0.3) is 5.56 Å². The Kier molecular flexibility index (Phi) is 4.76. The van der Waals surface area contributed by atoms with Gasteiger partial charge in [0.2, 0.25) is 0 Å². The van der Waals surface area contributed by atoms with Crippen molar-refractivity contribution < 1.29 is 5.11 Å². The van der Waals surface area contributed by atoms with Gasteiger partial charge in [0.1, 0.15) is 5.02 Å². The summed E-state index contributed by atoms with van der Waals surface area (Å²) < 4.78 is 1.28. The van der Waals surface area contributed by atoms with Crippen molar-refractivity contribution in [2.75, 3.05) is 11.9 Å². The van der Waals surface area contributed by atoms with Gasteiger partial charge in [0.05, 0.1) is 24.5 Å². The van der Waals surface area contributed by atoms with Gasteiger partial charge in [-0.15, -0.1) is 0 Å². The van der Waals surface area contributed by atoms with Crippen LogP contribution in [0.5, 0.6) is 0 Å². The van der Waals surface area contributed by atoms with Crippen LogP contribution in [0.3, 0.4) is 0 Å². The van der Waals surface area contributed by atoms with E-state index in [4.69, 9.17) is 11.6 Å². The van der Waals surface area contributed by atoms with E-state index in [2.05, 4.69) is 10.4 Å². The van der Waals surface area contributed by atoms with Gasteiger partial charge in [0, 0.05) is 6.54 Å². The second-order valence-electron chi connectivity index (χ2n) is 4.28. The molecule has 0 aliphatic heterocycles. The van der Waals surface area contributed by atoms with E-state index in [1.165, 1.54) is 10.9 Å². The monoisotopic (exact) mass is 293 g/mol. The van der Waals surface area contributed by atoms with Gasteiger partial charge >= 0.3 is 0 Å². The molecule has 0 aliphatic carbocycles. The number of aryl methyl sites for hydroxylation is 1. The molecule has 2 N–H and O–H groups in total. The van der Waals surface area contributed by atoms with Crippen LogP contribution in [0.1, 0.15) is 18.5 Å². The average Bonchev–Trinajstić information content (AvgIpc) is 2.50. The minimum absolute atomic E-state index is 0.0798. The molecule has 2 aromatic rings. The number of halogens is 1. The van der Waals surface area contributed by atoms with Crippen molar-refractivity contribution in [3.8, 4) is 0 Å². The van der Waals surface area contributed by atoms with Gasteiger partial charge in [-0.2, -0.15) is 5.10 Å². The van der Waals surface area contributed by atoms with E-state index in [0.717, 1.165) is 5.56 Å². The highest BCUT2D eigenvalue weighted by Gasteiger charge is 2.14. The van der Waals surface area contributed by atoms with Crippen LogP contribution in [0.2, 0.25) is 5.02 Å². The largest absolute Gasteiger partial charge is 0.394 e. The Morgan fingerprint density at radius 3 is 2.70 bits per heavy atom. The van der Waals surface area contributed by atoms with Crippen LogP contribution in [0.15, 0.2) is 41.3 Å². The molecular formula is C14H16ClN3O2. The number of aliphatic hydroxyl groups is 1. The topological polar surface area (TPSA) is 67.2 Å². The van der Waals surface area contributed by atoms with Gasteiger partial charge in [-0.05, 0) is 12.5 Å². The summed E-state index contributed by atoms with van der Waals surface area (Å²) in [5.74, 6) is 0. The smallest absolute Gasteiger partial charge is 0.287 e. The fourth-order valence-electron chi connectivity index (χ4n) is 1.90. The highest BCUT2D eigenvalue weighted by molar-refractivity contribution is 6.32. The Morgan fingerprint density at radius 1 is 1.40 bits per heavy atom. The third kappa shape index (κ3) is 3.00. The van der Waals surface area contributed by atoms with Crippen LogP contribution in [0.4, 0.5) is 5.69 Å². The molecule has 1 aromatic carbocycles. The first-order valence-electron chi connectivity index (χ1n) is 6.35. The van der Waals surface area contributed by atoms with Crippen LogP contribution in [-0.2, 0) is 6.54 Å². The molecular weight excluding hydrogens is 278 g/mol. The molecule has 1 heterocycles. The number of benzene rings is 1. The van der Waals surface area contributed by atoms with Crippen LogP contribution in [0, 0.1) is 0 Å². The molecule has 0 saturated heterocycles. The number of aromatic nitrogens is 2. The van der Waals surface area contributed by atoms with Gasteiger partial charge in [-0.25, -0.2) is 4.68 Å². The summed E-state index contributed by atoms with van der Waals surface area (Å²) in [5, 5.41) is 16.6.